The van der Waals surface area contributed by atoms with E-state index >= 15 is 0 Å². The number of aromatic nitrogens is 2. The van der Waals surface area contributed by atoms with Crippen molar-refractivity contribution < 1.29 is 0 Å². The zero-order chi connectivity index (χ0) is 15.2. The third kappa shape index (κ3) is 4.26. The van der Waals surface area contributed by atoms with Crippen molar-refractivity contribution in [1.82, 2.24) is 15.1 Å². The normalized spacial score (nSPS) is 12.3. The van der Waals surface area contributed by atoms with Gasteiger partial charge in [0.15, 0.2) is 0 Å². The summed E-state index contributed by atoms with van der Waals surface area (Å²) in [7, 11) is 0. The van der Waals surface area contributed by atoms with Crippen molar-refractivity contribution in [3.63, 3.8) is 0 Å². The molecule has 4 nitrogen and oxygen atoms in total. The highest BCUT2D eigenvalue weighted by molar-refractivity contribution is 5.24. The van der Waals surface area contributed by atoms with Crippen LogP contribution in [0.1, 0.15) is 36.1 Å². The van der Waals surface area contributed by atoms with Crippen LogP contribution in [0.5, 0.6) is 0 Å². The van der Waals surface area contributed by atoms with E-state index in [1.165, 1.54) is 15.8 Å². The van der Waals surface area contributed by atoms with Gasteiger partial charge in [-0.25, -0.2) is 4.68 Å². The van der Waals surface area contributed by atoms with Crippen LogP contribution in [-0.2, 0) is 6.54 Å². The van der Waals surface area contributed by atoms with Gasteiger partial charge in [-0.1, -0.05) is 36.8 Å². The molecular weight excluding hydrogens is 262 g/mol. The lowest BCUT2D eigenvalue weighted by Crippen LogP contribution is -2.32. The van der Waals surface area contributed by atoms with Gasteiger partial charge in [0, 0.05) is 6.07 Å². The molecular formula is C17H23N3O. The first kappa shape index (κ1) is 15.4. The Balaban J connectivity index is 2.23. The molecule has 4 heteroatoms. The molecule has 0 aliphatic heterocycles. The summed E-state index contributed by atoms with van der Waals surface area (Å²) >= 11 is 0. The predicted molar refractivity (Wildman–Crippen MR) is 85.4 cm³/mol. The van der Waals surface area contributed by atoms with Crippen LogP contribution in [0, 0.1) is 13.8 Å². The zero-order valence-electron chi connectivity index (χ0n) is 13.0. The van der Waals surface area contributed by atoms with Gasteiger partial charge < -0.3 is 5.32 Å². The van der Waals surface area contributed by atoms with Crippen molar-refractivity contribution in [3.05, 3.63) is 63.6 Å². The number of rotatable bonds is 6. The summed E-state index contributed by atoms with van der Waals surface area (Å²) in [6.07, 6.45) is 2.78. The molecule has 0 spiro atoms. The second-order valence-corrected chi connectivity index (χ2v) is 5.47. The minimum Gasteiger partial charge on any atom is -0.308 e. The van der Waals surface area contributed by atoms with Crippen LogP contribution in [0.3, 0.4) is 0 Å². The van der Waals surface area contributed by atoms with Crippen molar-refractivity contribution in [2.75, 3.05) is 6.54 Å². The fourth-order valence-electron chi connectivity index (χ4n) is 2.24. The van der Waals surface area contributed by atoms with Gasteiger partial charge in [-0.05, 0) is 37.9 Å². The van der Waals surface area contributed by atoms with Crippen molar-refractivity contribution in [3.8, 4) is 0 Å². The number of benzene rings is 1. The Labute approximate surface area is 125 Å². The van der Waals surface area contributed by atoms with Crippen LogP contribution in [0.25, 0.3) is 0 Å². The second-order valence-electron chi connectivity index (χ2n) is 5.47. The van der Waals surface area contributed by atoms with Crippen molar-refractivity contribution >= 4 is 0 Å². The first-order valence-electron chi connectivity index (χ1n) is 7.44. The minimum atomic E-state index is -0.0505. The SMILES string of the molecule is CCCNC(Cn1ncc(C)cc1=O)c1ccc(C)cc1. The summed E-state index contributed by atoms with van der Waals surface area (Å²) in [4.78, 5) is 12.0. The van der Waals surface area contributed by atoms with Gasteiger partial charge in [0.25, 0.3) is 5.56 Å². The predicted octanol–water partition coefficient (Wildman–Crippen LogP) is 2.60. The molecule has 0 saturated heterocycles. The van der Waals surface area contributed by atoms with Gasteiger partial charge in [0.1, 0.15) is 0 Å². The van der Waals surface area contributed by atoms with Gasteiger partial charge in [0.2, 0.25) is 0 Å². The minimum absolute atomic E-state index is 0.0505. The highest BCUT2D eigenvalue weighted by atomic mass is 16.1. The van der Waals surface area contributed by atoms with Crippen molar-refractivity contribution in [2.45, 2.75) is 39.8 Å². The zero-order valence-corrected chi connectivity index (χ0v) is 13.0. The molecule has 0 bridgehead atoms. The molecule has 1 atom stereocenters. The molecule has 1 aromatic heterocycles. The molecule has 1 N–H and O–H groups in total. The van der Waals surface area contributed by atoms with E-state index in [2.05, 4.69) is 48.5 Å². The van der Waals surface area contributed by atoms with E-state index in [-0.39, 0.29) is 11.6 Å². The third-order valence-electron chi connectivity index (χ3n) is 3.48. The second kappa shape index (κ2) is 7.18. The molecule has 2 aromatic rings. The summed E-state index contributed by atoms with van der Waals surface area (Å²) in [6.45, 7) is 7.55. The lowest BCUT2D eigenvalue weighted by atomic mass is 10.0. The highest BCUT2D eigenvalue weighted by Crippen LogP contribution is 2.15. The smallest absolute Gasteiger partial charge is 0.267 e. The summed E-state index contributed by atoms with van der Waals surface area (Å²) in [5.74, 6) is 0. The molecule has 0 amide bonds. The van der Waals surface area contributed by atoms with Crippen LogP contribution < -0.4 is 10.9 Å². The molecule has 2 rings (SSSR count). The highest BCUT2D eigenvalue weighted by Gasteiger charge is 2.12. The molecule has 1 unspecified atom stereocenters. The quantitative estimate of drug-likeness (QED) is 0.887. The molecule has 1 heterocycles. The molecule has 1 aromatic carbocycles. The maximum atomic E-state index is 12.0. The van der Waals surface area contributed by atoms with E-state index in [1.54, 1.807) is 12.3 Å². The molecule has 0 saturated carbocycles. The average molecular weight is 285 g/mol. The third-order valence-corrected chi connectivity index (χ3v) is 3.48. The first-order chi connectivity index (χ1) is 10.1. The van der Waals surface area contributed by atoms with E-state index in [0.29, 0.717) is 6.54 Å². The largest absolute Gasteiger partial charge is 0.308 e. The lowest BCUT2D eigenvalue weighted by molar-refractivity contribution is 0.426. The summed E-state index contributed by atoms with van der Waals surface area (Å²) in [5, 5.41) is 7.73. The van der Waals surface area contributed by atoms with E-state index in [9.17, 15) is 4.79 Å². The van der Waals surface area contributed by atoms with Crippen LogP contribution in [0.15, 0.2) is 41.3 Å². The van der Waals surface area contributed by atoms with Gasteiger partial charge >= 0.3 is 0 Å². The molecule has 0 fully saturated rings. The first-order valence-corrected chi connectivity index (χ1v) is 7.44. The molecule has 21 heavy (non-hydrogen) atoms. The number of hydrogen-bond donors (Lipinski definition) is 1. The summed E-state index contributed by atoms with van der Waals surface area (Å²) < 4.78 is 1.53. The molecule has 0 aliphatic carbocycles. The lowest BCUT2D eigenvalue weighted by Gasteiger charge is -2.19. The van der Waals surface area contributed by atoms with Crippen LogP contribution in [0.2, 0.25) is 0 Å². The monoisotopic (exact) mass is 285 g/mol. The van der Waals surface area contributed by atoms with Crippen molar-refractivity contribution in [1.29, 1.82) is 0 Å². The fourth-order valence-corrected chi connectivity index (χ4v) is 2.24. The molecule has 112 valence electrons. The van der Waals surface area contributed by atoms with E-state index < -0.39 is 0 Å². The van der Waals surface area contributed by atoms with Gasteiger partial charge in [-0.15, -0.1) is 0 Å². The van der Waals surface area contributed by atoms with Gasteiger partial charge in [-0.3, -0.25) is 4.79 Å². The van der Waals surface area contributed by atoms with Gasteiger partial charge in [0.05, 0.1) is 18.8 Å². The van der Waals surface area contributed by atoms with Crippen LogP contribution in [0.4, 0.5) is 0 Å². The maximum absolute atomic E-state index is 12.0. The number of nitrogens with one attached hydrogen (secondary N) is 1. The summed E-state index contributed by atoms with van der Waals surface area (Å²) in [6, 6.07) is 10.1. The van der Waals surface area contributed by atoms with Crippen LogP contribution >= 0.6 is 0 Å². The van der Waals surface area contributed by atoms with Gasteiger partial charge in [-0.2, -0.15) is 5.10 Å². The Morgan fingerprint density at radius 2 is 1.90 bits per heavy atom. The van der Waals surface area contributed by atoms with E-state index in [0.717, 1.165) is 18.5 Å². The Hall–Kier alpha value is -1.94. The van der Waals surface area contributed by atoms with E-state index in [4.69, 9.17) is 0 Å². The van der Waals surface area contributed by atoms with Crippen LogP contribution in [-0.4, -0.2) is 16.3 Å². The molecule has 0 radical (unpaired) electrons. The Morgan fingerprint density at radius 3 is 2.52 bits per heavy atom. The number of hydrogen-bond acceptors (Lipinski definition) is 3. The van der Waals surface area contributed by atoms with E-state index in [1.807, 2.05) is 6.92 Å². The fraction of sp³-hybridized carbons (Fsp3) is 0.412. The molecule has 0 aliphatic rings. The Bertz CT molecular complexity index is 631. The Kier molecular flexibility index (Phi) is 5.28. The maximum Gasteiger partial charge on any atom is 0.267 e. The number of nitrogens with zero attached hydrogens (tertiary/aromatic N) is 2. The summed E-state index contributed by atoms with van der Waals surface area (Å²) in [5.41, 5.74) is 3.26. The number of aryl methyl sites for hydroxylation is 2. The average Bonchev–Trinajstić information content (AvgIpc) is 2.46. The Morgan fingerprint density at radius 1 is 1.19 bits per heavy atom. The standard InChI is InChI=1S/C17H23N3O/c1-4-9-18-16(15-7-5-13(2)6-8-15)12-20-17(21)10-14(3)11-19-20/h5-8,10-11,16,18H,4,9,12H2,1-3H3. The topological polar surface area (TPSA) is 46.9 Å². The van der Waals surface area contributed by atoms with Crippen molar-refractivity contribution in [2.24, 2.45) is 0 Å².